The summed E-state index contributed by atoms with van der Waals surface area (Å²) in [6, 6.07) is 15.8. The monoisotopic (exact) mass is 306 g/mol. The summed E-state index contributed by atoms with van der Waals surface area (Å²) in [5, 5.41) is 0. The maximum Gasteiger partial charge on any atom is 0.120 e. The fourth-order valence-corrected chi connectivity index (χ4v) is 2.04. The Kier molecular flexibility index (Phi) is 4.65. The molecule has 0 aliphatic carbocycles. The molecule has 0 amide bonds. The summed E-state index contributed by atoms with van der Waals surface area (Å²) in [5.74, 6) is 1.71. The van der Waals surface area contributed by atoms with Crippen molar-refractivity contribution in [2.75, 3.05) is 6.61 Å². The minimum absolute atomic E-state index is 0.563. The van der Waals surface area contributed by atoms with Gasteiger partial charge in [-0.05, 0) is 48.9 Å². The van der Waals surface area contributed by atoms with Crippen molar-refractivity contribution in [1.29, 1.82) is 0 Å². The van der Waals surface area contributed by atoms with Gasteiger partial charge in [-0.3, -0.25) is 0 Å². The van der Waals surface area contributed by atoms with Gasteiger partial charge >= 0.3 is 0 Å². The van der Waals surface area contributed by atoms with Crippen molar-refractivity contribution in [3.63, 3.8) is 0 Å². The first-order valence-electron chi connectivity index (χ1n) is 5.88. The third-order valence-corrected chi connectivity index (χ3v) is 2.92. The molecule has 94 valence electrons. The molecule has 0 radical (unpaired) electrons. The molecule has 0 aliphatic rings. The minimum Gasteiger partial charge on any atom is -0.494 e. The summed E-state index contributed by atoms with van der Waals surface area (Å²) < 4.78 is 12.1. The van der Waals surface area contributed by atoms with Crippen molar-refractivity contribution >= 4 is 15.9 Å². The molecule has 0 N–H and O–H groups in total. The SMILES string of the molecule is CCOc1ccc(OCc2cccc(Br)c2)cc1. The molecule has 0 spiro atoms. The van der Waals surface area contributed by atoms with Crippen molar-refractivity contribution in [2.45, 2.75) is 13.5 Å². The van der Waals surface area contributed by atoms with Crippen molar-refractivity contribution in [2.24, 2.45) is 0 Å². The van der Waals surface area contributed by atoms with E-state index in [1.165, 1.54) is 0 Å². The number of ether oxygens (including phenoxy) is 2. The van der Waals surface area contributed by atoms with Crippen LogP contribution in [0.1, 0.15) is 12.5 Å². The highest BCUT2D eigenvalue weighted by atomic mass is 79.9. The Morgan fingerprint density at radius 1 is 0.944 bits per heavy atom. The van der Waals surface area contributed by atoms with Crippen LogP contribution >= 0.6 is 15.9 Å². The smallest absolute Gasteiger partial charge is 0.120 e. The van der Waals surface area contributed by atoms with Gasteiger partial charge in [-0.2, -0.15) is 0 Å². The lowest BCUT2D eigenvalue weighted by atomic mass is 10.2. The molecule has 0 bridgehead atoms. The van der Waals surface area contributed by atoms with Crippen LogP contribution in [0.2, 0.25) is 0 Å². The Labute approximate surface area is 116 Å². The molecule has 0 fully saturated rings. The molecule has 2 aromatic carbocycles. The average Bonchev–Trinajstić information content (AvgIpc) is 2.38. The second-order valence-electron chi connectivity index (χ2n) is 3.82. The van der Waals surface area contributed by atoms with Crippen LogP contribution in [0, 0.1) is 0 Å². The van der Waals surface area contributed by atoms with E-state index in [0.29, 0.717) is 13.2 Å². The van der Waals surface area contributed by atoms with E-state index in [0.717, 1.165) is 21.5 Å². The molecule has 2 aromatic rings. The first-order chi connectivity index (χ1) is 8.78. The third kappa shape index (κ3) is 3.77. The number of hydrogen-bond acceptors (Lipinski definition) is 2. The lowest BCUT2D eigenvalue weighted by Gasteiger charge is -2.08. The number of hydrogen-bond donors (Lipinski definition) is 0. The molecule has 0 aromatic heterocycles. The highest BCUT2D eigenvalue weighted by Gasteiger charge is 1.98. The van der Waals surface area contributed by atoms with Gasteiger partial charge in [-0.1, -0.05) is 28.1 Å². The zero-order valence-corrected chi connectivity index (χ0v) is 11.8. The van der Waals surface area contributed by atoms with Gasteiger partial charge in [0.1, 0.15) is 18.1 Å². The molecule has 0 saturated heterocycles. The number of halogens is 1. The van der Waals surface area contributed by atoms with Gasteiger partial charge in [0, 0.05) is 4.47 Å². The summed E-state index contributed by atoms with van der Waals surface area (Å²) in [6.45, 7) is 3.21. The molecule has 0 heterocycles. The average molecular weight is 307 g/mol. The van der Waals surface area contributed by atoms with Crippen LogP contribution in [0.15, 0.2) is 53.0 Å². The first-order valence-corrected chi connectivity index (χ1v) is 6.67. The van der Waals surface area contributed by atoms with Gasteiger partial charge in [0.05, 0.1) is 6.61 Å². The topological polar surface area (TPSA) is 18.5 Å². The van der Waals surface area contributed by atoms with Crippen LogP contribution in [0.5, 0.6) is 11.5 Å². The molecular formula is C15H15BrO2. The van der Waals surface area contributed by atoms with Crippen molar-refractivity contribution in [3.05, 3.63) is 58.6 Å². The van der Waals surface area contributed by atoms with E-state index in [9.17, 15) is 0 Å². The van der Waals surface area contributed by atoms with Crippen LogP contribution in [0.25, 0.3) is 0 Å². The van der Waals surface area contributed by atoms with Crippen molar-refractivity contribution in [1.82, 2.24) is 0 Å². The summed E-state index contributed by atoms with van der Waals surface area (Å²) in [7, 11) is 0. The van der Waals surface area contributed by atoms with Gasteiger partial charge in [0.25, 0.3) is 0 Å². The van der Waals surface area contributed by atoms with Gasteiger partial charge < -0.3 is 9.47 Å². The van der Waals surface area contributed by atoms with E-state index in [1.54, 1.807) is 0 Å². The second kappa shape index (κ2) is 6.45. The molecule has 0 unspecified atom stereocenters. The van der Waals surface area contributed by atoms with Crippen molar-refractivity contribution < 1.29 is 9.47 Å². The largest absolute Gasteiger partial charge is 0.494 e. The van der Waals surface area contributed by atoms with E-state index >= 15 is 0 Å². The van der Waals surface area contributed by atoms with E-state index in [1.807, 2.05) is 49.4 Å². The predicted octanol–water partition coefficient (Wildman–Crippen LogP) is 4.43. The normalized spacial score (nSPS) is 10.1. The maximum absolute atomic E-state index is 5.70. The van der Waals surface area contributed by atoms with Crippen LogP contribution in [0.3, 0.4) is 0 Å². The third-order valence-electron chi connectivity index (χ3n) is 2.43. The molecule has 2 rings (SSSR count). The Morgan fingerprint density at radius 3 is 2.22 bits per heavy atom. The van der Waals surface area contributed by atoms with E-state index in [4.69, 9.17) is 9.47 Å². The first kappa shape index (κ1) is 13.0. The highest BCUT2D eigenvalue weighted by Crippen LogP contribution is 2.19. The fraction of sp³-hybridized carbons (Fsp3) is 0.200. The number of benzene rings is 2. The van der Waals surface area contributed by atoms with E-state index in [-0.39, 0.29) is 0 Å². The van der Waals surface area contributed by atoms with Crippen LogP contribution in [0.4, 0.5) is 0 Å². The summed E-state index contributed by atoms with van der Waals surface area (Å²) in [4.78, 5) is 0. The van der Waals surface area contributed by atoms with Gasteiger partial charge in [-0.25, -0.2) is 0 Å². The molecule has 0 aliphatic heterocycles. The zero-order chi connectivity index (χ0) is 12.8. The van der Waals surface area contributed by atoms with Gasteiger partial charge in [-0.15, -0.1) is 0 Å². The molecule has 2 nitrogen and oxygen atoms in total. The highest BCUT2D eigenvalue weighted by molar-refractivity contribution is 9.10. The Hall–Kier alpha value is -1.48. The zero-order valence-electron chi connectivity index (χ0n) is 10.2. The Bertz CT molecular complexity index is 494. The van der Waals surface area contributed by atoms with Crippen LogP contribution in [-0.2, 0) is 6.61 Å². The predicted molar refractivity (Wildman–Crippen MR) is 76.1 cm³/mol. The van der Waals surface area contributed by atoms with Crippen molar-refractivity contribution in [3.8, 4) is 11.5 Å². The summed E-state index contributed by atoms with van der Waals surface area (Å²) in [5.41, 5.74) is 1.14. The molecule has 3 heteroatoms. The quantitative estimate of drug-likeness (QED) is 0.813. The van der Waals surface area contributed by atoms with Gasteiger partial charge in [0.15, 0.2) is 0 Å². The Balaban J connectivity index is 1.93. The number of rotatable bonds is 5. The standard InChI is InChI=1S/C15H15BrO2/c1-2-17-14-6-8-15(9-7-14)18-11-12-4-3-5-13(16)10-12/h3-10H,2,11H2,1H3. The maximum atomic E-state index is 5.70. The molecule has 18 heavy (non-hydrogen) atoms. The van der Waals surface area contributed by atoms with E-state index < -0.39 is 0 Å². The summed E-state index contributed by atoms with van der Waals surface area (Å²) in [6.07, 6.45) is 0. The minimum atomic E-state index is 0.563. The fourth-order valence-electron chi connectivity index (χ4n) is 1.59. The molecular weight excluding hydrogens is 292 g/mol. The second-order valence-corrected chi connectivity index (χ2v) is 4.74. The molecule has 0 atom stereocenters. The Morgan fingerprint density at radius 2 is 1.61 bits per heavy atom. The van der Waals surface area contributed by atoms with Crippen LogP contribution < -0.4 is 9.47 Å². The molecule has 0 saturated carbocycles. The lowest BCUT2D eigenvalue weighted by molar-refractivity contribution is 0.304. The summed E-state index contributed by atoms with van der Waals surface area (Å²) >= 11 is 3.44. The van der Waals surface area contributed by atoms with E-state index in [2.05, 4.69) is 22.0 Å². The van der Waals surface area contributed by atoms with Crippen LogP contribution in [-0.4, -0.2) is 6.61 Å². The van der Waals surface area contributed by atoms with Gasteiger partial charge in [0.2, 0.25) is 0 Å². The lowest BCUT2D eigenvalue weighted by Crippen LogP contribution is -1.96.